The first-order chi connectivity index (χ1) is 8.08. The third-order valence-corrected chi connectivity index (χ3v) is 2.20. The fourth-order valence-electron chi connectivity index (χ4n) is 1.51. The zero-order valence-electron chi connectivity index (χ0n) is 9.72. The molecule has 0 saturated carbocycles. The number of benzene rings is 1. The Labute approximate surface area is 98.8 Å². The fourth-order valence-corrected chi connectivity index (χ4v) is 1.51. The molecule has 0 spiro atoms. The van der Waals surface area contributed by atoms with Crippen molar-refractivity contribution in [2.45, 2.75) is 20.0 Å². The summed E-state index contributed by atoms with van der Waals surface area (Å²) in [7, 11) is 0. The Kier molecular flexibility index (Phi) is 2.99. The average molecular weight is 235 g/mol. The zero-order valence-corrected chi connectivity index (χ0v) is 9.72. The standard InChI is InChI=1S/C12H14FN3O/c1-8(2)17-12-7-11(10(14)6-9(12)13)16-5-3-4-15-16/h3-8H,14H2,1-2H3. The fraction of sp³-hybridized carbons (Fsp3) is 0.250. The van der Waals surface area contributed by atoms with Gasteiger partial charge in [-0.3, -0.25) is 0 Å². The van der Waals surface area contributed by atoms with Gasteiger partial charge in [0.25, 0.3) is 0 Å². The van der Waals surface area contributed by atoms with Crippen LogP contribution in [0.25, 0.3) is 5.69 Å². The highest BCUT2D eigenvalue weighted by Crippen LogP contribution is 2.27. The third-order valence-electron chi connectivity index (χ3n) is 2.20. The normalized spacial score (nSPS) is 10.8. The number of halogens is 1. The van der Waals surface area contributed by atoms with Gasteiger partial charge in [0.05, 0.1) is 17.5 Å². The number of hydrogen-bond donors (Lipinski definition) is 1. The van der Waals surface area contributed by atoms with Crippen molar-refractivity contribution in [1.82, 2.24) is 9.78 Å². The van der Waals surface area contributed by atoms with E-state index in [2.05, 4.69) is 5.10 Å². The van der Waals surface area contributed by atoms with Crippen LogP contribution in [-0.2, 0) is 0 Å². The average Bonchev–Trinajstić information content (AvgIpc) is 2.74. The smallest absolute Gasteiger partial charge is 0.167 e. The highest BCUT2D eigenvalue weighted by molar-refractivity contribution is 5.60. The van der Waals surface area contributed by atoms with Crippen LogP contribution in [0, 0.1) is 5.82 Å². The second-order valence-electron chi connectivity index (χ2n) is 3.96. The lowest BCUT2D eigenvalue weighted by Crippen LogP contribution is -2.09. The molecule has 1 heterocycles. The first kappa shape index (κ1) is 11.4. The molecule has 1 aromatic heterocycles. The van der Waals surface area contributed by atoms with Crippen LogP contribution in [0.2, 0.25) is 0 Å². The Hall–Kier alpha value is -2.04. The molecule has 4 nitrogen and oxygen atoms in total. The van der Waals surface area contributed by atoms with E-state index in [0.717, 1.165) is 0 Å². The quantitative estimate of drug-likeness (QED) is 0.831. The molecule has 0 aliphatic rings. The highest BCUT2D eigenvalue weighted by Gasteiger charge is 2.11. The van der Waals surface area contributed by atoms with Gasteiger partial charge < -0.3 is 10.5 Å². The number of hydrogen-bond acceptors (Lipinski definition) is 3. The molecule has 2 rings (SSSR count). The zero-order chi connectivity index (χ0) is 12.4. The second-order valence-corrected chi connectivity index (χ2v) is 3.96. The van der Waals surface area contributed by atoms with E-state index in [4.69, 9.17) is 10.5 Å². The molecule has 5 heteroatoms. The number of nitrogens with two attached hydrogens (primary N) is 1. The lowest BCUT2D eigenvalue weighted by Gasteiger charge is -2.13. The maximum absolute atomic E-state index is 13.6. The molecule has 0 radical (unpaired) electrons. The van der Waals surface area contributed by atoms with Gasteiger partial charge in [0, 0.05) is 24.5 Å². The molecule has 1 aromatic carbocycles. The maximum Gasteiger partial charge on any atom is 0.167 e. The lowest BCUT2D eigenvalue weighted by atomic mass is 10.2. The minimum atomic E-state index is -0.466. The number of aromatic nitrogens is 2. The van der Waals surface area contributed by atoms with Crippen molar-refractivity contribution in [1.29, 1.82) is 0 Å². The Bertz CT molecular complexity index is 509. The van der Waals surface area contributed by atoms with Crippen LogP contribution in [-0.4, -0.2) is 15.9 Å². The van der Waals surface area contributed by atoms with Gasteiger partial charge in [-0.1, -0.05) is 0 Å². The molecule has 2 N–H and O–H groups in total. The first-order valence-electron chi connectivity index (χ1n) is 5.33. The maximum atomic E-state index is 13.6. The molecular formula is C12H14FN3O. The largest absolute Gasteiger partial charge is 0.488 e. The van der Waals surface area contributed by atoms with Gasteiger partial charge in [-0.15, -0.1) is 0 Å². The second kappa shape index (κ2) is 4.45. The van der Waals surface area contributed by atoms with Crippen molar-refractivity contribution in [3.05, 3.63) is 36.4 Å². The Morgan fingerprint density at radius 2 is 2.18 bits per heavy atom. The molecule has 17 heavy (non-hydrogen) atoms. The van der Waals surface area contributed by atoms with Gasteiger partial charge in [0.1, 0.15) is 0 Å². The van der Waals surface area contributed by atoms with Crippen LogP contribution in [0.3, 0.4) is 0 Å². The SMILES string of the molecule is CC(C)Oc1cc(-n2cccn2)c(N)cc1F. The summed E-state index contributed by atoms with van der Waals surface area (Å²) in [5.41, 5.74) is 6.68. The van der Waals surface area contributed by atoms with Crippen molar-refractivity contribution < 1.29 is 9.13 Å². The van der Waals surface area contributed by atoms with Crippen LogP contribution >= 0.6 is 0 Å². The summed E-state index contributed by atoms with van der Waals surface area (Å²) in [5, 5.41) is 4.06. The predicted molar refractivity (Wildman–Crippen MR) is 63.7 cm³/mol. The summed E-state index contributed by atoms with van der Waals surface area (Å²) < 4.78 is 20.5. The molecule has 2 aromatic rings. The van der Waals surface area contributed by atoms with Gasteiger partial charge in [-0.2, -0.15) is 5.10 Å². The Balaban J connectivity index is 2.46. The van der Waals surface area contributed by atoms with Crippen LogP contribution in [0.15, 0.2) is 30.6 Å². The molecule has 0 bridgehead atoms. The minimum Gasteiger partial charge on any atom is -0.488 e. The lowest BCUT2D eigenvalue weighted by molar-refractivity contribution is 0.231. The number of nitrogen functional groups attached to an aromatic ring is 1. The van der Waals surface area contributed by atoms with E-state index in [1.165, 1.54) is 6.07 Å². The summed E-state index contributed by atoms with van der Waals surface area (Å²) in [5.74, 6) is -0.285. The molecule has 0 saturated heterocycles. The molecule has 0 atom stereocenters. The number of ether oxygens (including phenoxy) is 1. The van der Waals surface area contributed by atoms with E-state index in [0.29, 0.717) is 11.4 Å². The molecule has 0 amide bonds. The van der Waals surface area contributed by atoms with E-state index < -0.39 is 5.82 Å². The predicted octanol–water partition coefficient (Wildman–Crippen LogP) is 2.38. The number of anilines is 1. The minimum absolute atomic E-state index is 0.0985. The van der Waals surface area contributed by atoms with Crippen LogP contribution in [0.1, 0.15) is 13.8 Å². The van der Waals surface area contributed by atoms with Crippen LogP contribution in [0.4, 0.5) is 10.1 Å². The van der Waals surface area contributed by atoms with Crippen molar-refractivity contribution in [3.8, 4) is 11.4 Å². The Morgan fingerprint density at radius 3 is 2.76 bits per heavy atom. The van der Waals surface area contributed by atoms with Crippen LogP contribution in [0.5, 0.6) is 5.75 Å². The number of nitrogens with zero attached hydrogens (tertiary/aromatic N) is 2. The molecular weight excluding hydrogens is 221 g/mol. The van der Waals surface area contributed by atoms with Gasteiger partial charge in [-0.05, 0) is 19.9 Å². The van der Waals surface area contributed by atoms with E-state index in [-0.39, 0.29) is 11.9 Å². The summed E-state index contributed by atoms with van der Waals surface area (Å²) in [6.45, 7) is 3.67. The van der Waals surface area contributed by atoms with Crippen molar-refractivity contribution in [2.75, 3.05) is 5.73 Å². The number of rotatable bonds is 3. The molecule has 90 valence electrons. The summed E-state index contributed by atoms with van der Waals surface area (Å²) in [4.78, 5) is 0. The van der Waals surface area contributed by atoms with Gasteiger partial charge in [0.15, 0.2) is 11.6 Å². The van der Waals surface area contributed by atoms with E-state index in [1.54, 1.807) is 29.2 Å². The highest BCUT2D eigenvalue weighted by atomic mass is 19.1. The summed E-state index contributed by atoms with van der Waals surface area (Å²) >= 11 is 0. The monoisotopic (exact) mass is 235 g/mol. The van der Waals surface area contributed by atoms with Crippen molar-refractivity contribution >= 4 is 5.69 Å². The molecule has 0 aliphatic carbocycles. The third kappa shape index (κ3) is 2.38. The Morgan fingerprint density at radius 1 is 1.41 bits per heavy atom. The molecule has 0 unspecified atom stereocenters. The van der Waals surface area contributed by atoms with Crippen molar-refractivity contribution in [2.24, 2.45) is 0 Å². The van der Waals surface area contributed by atoms with E-state index in [1.807, 2.05) is 13.8 Å². The van der Waals surface area contributed by atoms with Crippen LogP contribution < -0.4 is 10.5 Å². The topological polar surface area (TPSA) is 53.1 Å². The first-order valence-corrected chi connectivity index (χ1v) is 5.33. The van der Waals surface area contributed by atoms with Crippen molar-refractivity contribution in [3.63, 3.8) is 0 Å². The van der Waals surface area contributed by atoms with Gasteiger partial charge in [0.2, 0.25) is 0 Å². The summed E-state index contributed by atoms with van der Waals surface area (Å²) in [6.07, 6.45) is 3.27. The van der Waals surface area contributed by atoms with Gasteiger partial charge in [-0.25, -0.2) is 9.07 Å². The van der Waals surface area contributed by atoms with E-state index in [9.17, 15) is 4.39 Å². The molecule has 0 aliphatic heterocycles. The van der Waals surface area contributed by atoms with E-state index >= 15 is 0 Å². The molecule has 0 fully saturated rings. The van der Waals surface area contributed by atoms with Gasteiger partial charge >= 0.3 is 0 Å². The summed E-state index contributed by atoms with van der Waals surface area (Å²) in [6, 6.07) is 4.57.